The van der Waals surface area contributed by atoms with E-state index < -0.39 is 6.10 Å². The molecule has 0 radical (unpaired) electrons. The lowest BCUT2D eigenvalue weighted by Gasteiger charge is -2.23. The number of hydrogen-bond donors (Lipinski definition) is 3. The van der Waals surface area contributed by atoms with Crippen molar-refractivity contribution in [1.82, 2.24) is 0 Å². The number of phenols is 1. The number of aromatic hydroxyl groups is 1. The van der Waals surface area contributed by atoms with Gasteiger partial charge in [0.2, 0.25) is 0 Å². The van der Waals surface area contributed by atoms with E-state index in [1.807, 2.05) is 0 Å². The molecule has 0 bridgehead atoms. The molecule has 0 aliphatic heterocycles. The largest absolute Gasteiger partial charge is 0.511 e. The number of benzene rings is 4. The van der Waals surface area contributed by atoms with Crippen LogP contribution in [-0.4, -0.2) is 15.3 Å². The molecule has 0 aromatic heterocycles. The quantitative estimate of drug-likeness (QED) is 0.337. The van der Waals surface area contributed by atoms with E-state index in [9.17, 15) is 24.9 Å². The summed E-state index contributed by atoms with van der Waals surface area (Å²) in [6.07, 6.45) is -1.06. The Morgan fingerprint density at radius 3 is 2.20 bits per heavy atom. The Bertz CT molecular complexity index is 1390. The van der Waals surface area contributed by atoms with E-state index in [-0.39, 0.29) is 39.4 Å². The van der Waals surface area contributed by atoms with E-state index in [2.05, 4.69) is 0 Å². The van der Waals surface area contributed by atoms with Crippen LogP contribution in [0.25, 0.3) is 38.1 Å². The van der Waals surface area contributed by atoms with Crippen molar-refractivity contribution >= 4 is 38.1 Å². The third-order valence-corrected chi connectivity index (χ3v) is 5.13. The van der Waals surface area contributed by atoms with Crippen LogP contribution < -0.4 is 16.1 Å². The van der Waals surface area contributed by atoms with E-state index in [0.717, 1.165) is 0 Å². The molecule has 1 atom stereocenters. The van der Waals surface area contributed by atoms with Crippen molar-refractivity contribution in [3.63, 3.8) is 0 Å². The van der Waals surface area contributed by atoms with Crippen LogP contribution in [0.1, 0.15) is 18.1 Å². The molecule has 4 aromatic carbocycles. The minimum atomic E-state index is -0.996. The lowest BCUT2D eigenvalue weighted by atomic mass is 9.83. The van der Waals surface area contributed by atoms with Crippen LogP contribution in [0.4, 0.5) is 0 Å². The molecule has 5 rings (SSSR count). The minimum absolute atomic E-state index is 0.0597. The summed E-state index contributed by atoms with van der Waals surface area (Å²) < 4.78 is 0. The van der Waals surface area contributed by atoms with Crippen molar-refractivity contribution in [2.45, 2.75) is 12.5 Å². The number of rotatable bonds is 0. The van der Waals surface area contributed by atoms with Crippen LogP contribution in [0.2, 0.25) is 0 Å². The van der Waals surface area contributed by atoms with Gasteiger partial charge in [-0.05, 0) is 46.0 Å². The molecule has 25 heavy (non-hydrogen) atoms. The Morgan fingerprint density at radius 2 is 1.40 bits per heavy atom. The number of fused-ring (bicyclic) bond motifs is 2. The second-order valence-electron chi connectivity index (χ2n) is 6.44. The molecule has 1 aliphatic rings. The van der Waals surface area contributed by atoms with Crippen LogP contribution in [0.15, 0.2) is 46.0 Å². The maximum absolute atomic E-state index is 12.3. The van der Waals surface area contributed by atoms with E-state index >= 15 is 0 Å². The summed E-state index contributed by atoms with van der Waals surface area (Å²) in [6, 6.07) is 9.12. The smallest absolute Gasteiger partial charge is 0.190 e. The highest BCUT2D eigenvalue weighted by Crippen LogP contribution is 2.42. The number of hydrogen-bond acceptors (Lipinski definition) is 5. The molecule has 0 saturated carbocycles. The van der Waals surface area contributed by atoms with Gasteiger partial charge in [-0.1, -0.05) is 12.1 Å². The number of aliphatic hydroxyl groups excluding tert-OH is 2. The van der Waals surface area contributed by atoms with E-state index in [1.54, 1.807) is 18.2 Å². The van der Waals surface area contributed by atoms with Gasteiger partial charge in [0.25, 0.3) is 0 Å². The first-order valence-corrected chi connectivity index (χ1v) is 7.90. The van der Waals surface area contributed by atoms with Crippen LogP contribution in [0.5, 0.6) is 5.75 Å². The summed E-state index contributed by atoms with van der Waals surface area (Å²) in [6.45, 7) is 0. The van der Waals surface area contributed by atoms with Crippen LogP contribution in [0.3, 0.4) is 0 Å². The summed E-state index contributed by atoms with van der Waals surface area (Å²) in [4.78, 5) is 24.6. The van der Waals surface area contributed by atoms with E-state index in [1.165, 1.54) is 18.2 Å². The molecule has 0 fully saturated rings. The molecule has 4 aromatic rings. The zero-order chi connectivity index (χ0) is 17.5. The summed E-state index contributed by atoms with van der Waals surface area (Å²) in [5.41, 5.74) is -0.0919. The van der Waals surface area contributed by atoms with E-state index in [0.29, 0.717) is 32.5 Å². The second-order valence-corrected chi connectivity index (χ2v) is 6.44. The average Bonchev–Trinajstić information content (AvgIpc) is 2.57. The highest BCUT2D eigenvalue weighted by Gasteiger charge is 2.27. The minimum Gasteiger partial charge on any atom is -0.511 e. The lowest BCUT2D eigenvalue weighted by Crippen LogP contribution is -2.31. The Morgan fingerprint density at radius 1 is 0.760 bits per heavy atom. The molecular formula is C20H12O5. The number of phenolic OH excluding ortho intramolecular Hbond substituents is 1. The van der Waals surface area contributed by atoms with Gasteiger partial charge in [0.05, 0.1) is 16.7 Å². The Labute approximate surface area is 140 Å². The molecule has 5 heteroatoms. The van der Waals surface area contributed by atoms with Crippen LogP contribution in [-0.2, 0) is 0 Å². The predicted octanol–water partition coefficient (Wildman–Crippen LogP) is 1.83. The predicted molar refractivity (Wildman–Crippen MR) is 95.2 cm³/mol. The molecule has 1 aliphatic carbocycles. The van der Waals surface area contributed by atoms with Gasteiger partial charge in [-0.25, -0.2) is 0 Å². The average molecular weight is 332 g/mol. The molecule has 0 amide bonds. The maximum Gasteiger partial charge on any atom is 0.190 e. The summed E-state index contributed by atoms with van der Waals surface area (Å²) in [5.74, 6) is -0.243. The third kappa shape index (κ3) is 1.60. The fourth-order valence-corrected chi connectivity index (χ4v) is 4.14. The zero-order valence-corrected chi connectivity index (χ0v) is 12.9. The molecular weight excluding hydrogens is 320 g/mol. The molecule has 0 unspecified atom stereocenters. The van der Waals surface area contributed by atoms with Gasteiger partial charge in [0, 0.05) is 17.2 Å². The first-order chi connectivity index (χ1) is 12.0. The van der Waals surface area contributed by atoms with Gasteiger partial charge in [-0.2, -0.15) is 0 Å². The fraction of sp³-hybridized carbons (Fsp3) is 0.100. The highest BCUT2D eigenvalue weighted by molar-refractivity contribution is 6.24. The fourth-order valence-electron chi connectivity index (χ4n) is 4.14. The lowest BCUT2D eigenvalue weighted by molar-refractivity contribution is 0.176. The van der Waals surface area contributed by atoms with Gasteiger partial charge in [-0.15, -0.1) is 0 Å². The SMILES string of the molecule is O=c1ccc2c3c(c4ccc(=O)c5c(O)ccc2c45)[C@H](O)CC(O)=c13. The molecule has 0 spiro atoms. The zero-order valence-electron chi connectivity index (χ0n) is 12.9. The molecule has 122 valence electrons. The van der Waals surface area contributed by atoms with Crippen molar-refractivity contribution in [3.05, 3.63) is 67.6 Å². The third-order valence-electron chi connectivity index (χ3n) is 5.13. The van der Waals surface area contributed by atoms with Crippen molar-refractivity contribution < 1.29 is 15.3 Å². The summed E-state index contributed by atoms with van der Waals surface area (Å²) in [5, 5.41) is 34.5. The molecule has 5 nitrogen and oxygen atoms in total. The van der Waals surface area contributed by atoms with Gasteiger partial charge < -0.3 is 15.3 Å². The van der Waals surface area contributed by atoms with Crippen molar-refractivity contribution in [3.8, 4) is 5.75 Å². The van der Waals surface area contributed by atoms with Crippen LogP contribution in [0, 0.1) is 0 Å². The topological polar surface area (TPSA) is 94.8 Å². The van der Waals surface area contributed by atoms with Crippen LogP contribution >= 0.6 is 0 Å². The summed E-state index contributed by atoms with van der Waals surface area (Å²) >= 11 is 0. The van der Waals surface area contributed by atoms with E-state index in [4.69, 9.17) is 0 Å². The monoisotopic (exact) mass is 332 g/mol. The van der Waals surface area contributed by atoms with Gasteiger partial charge >= 0.3 is 0 Å². The molecule has 3 N–H and O–H groups in total. The Hall–Kier alpha value is -3.18. The first kappa shape index (κ1) is 14.2. The normalized spacial score (nSPS) is 17.0. The van der Waals surface area contributed by atoms with Gasteiger partial charge in [-0.3, -0.25) is 9.59 Å². The van der Waals surface area contributed by atoms with Gasteiger partial charge in [0.1, 0.15) is 11.5 Å². The van der Waals surface area contributed by atoms with Crippen molar-refractivity contribution in [2.24, 2.45) is 0 Å². The van der Waals surface area contributed by atoms with Crippen molar-refractivity contribution in [2.75, 3.05) is 0 Å². The molecule has 0 heterocycles. The van der Waals surface area contributed by atoms with Gasteiger partial charge in [0.15, 0.2) is 10.9 Å². The maximum atomic E-state index is 12.3. The second kappa shape index (κ2) is 4.46. The first-order valence-electron chi connectivity index (χ1n) is 7.90. The van der Waals surface area contributed by atoms with Crippen molar-refractivity contribution in [1.29, 1.82) is 0 Å². The Kier molecular flexibility index (Phi) is 2.53. The molecule has 0 saturated heterocycles. The Balaban J connectivity index is 2.29. The summed E-state index contributed by atoms with van der Waals surface area (Å²) in [7, 11) is 0. The highest BCUT2D eigenvalue weighted by atomic mass is 16.3. The standard InChI is InChI=1S/C20H12O5/c21-11-4-1-8-9-2-5-13(23)20-15(25)7-14(24)17(18(9)20)10-3-6-12(22)19(11)16(8)10/h1-6,14,21,24-25H,7H2/t14-/m1/s1. The number of aliphatic hydroxyl groups is 2.